The highest BCUT2D eigenvalue weighted by atomic mass is 16.6. The second-order valence-electron chi connectivity index (χ2n) is 15.8. The Labute approximate surface area is 357 Å². The molecule has 0 spiro atoms. The monoisotopic (exact) mass is 809 g/mol. The second kappa shape index (κ2) is 46.5. The number of allylic oxidation sites excluding steroid dienone is 12. The molecule has 0 amide bonds. The van der Waals surface area contributed by atoms with Crippen LogP contribution in [0.15, 0.2) is 72.9 Å². The summed E-state index contributed by atoms with van der Waals surface area (Å²) in [6.45, 7) is 6.47. The van der Waals surface area contributed by atoms with Gasteiger partial charge in [-0.05, 0) is 64.2 Å². The molecule has 0 N–H and O–H groups in total. The van der Waals surface area contributed by atoms with E-state index < -0.39 is 6.10 Å². The zero-order chi connectivity index (χ0) is 42.3. The van der Waals surface area contributed by atoms with Gasteiger partial charge in [0.05, 0.1) is 0 Å². The van der Waals surface area contributed by atoms with Crippen molar-refractivity contribution in [2.75, 3.05) is 13.2 Å². The van der Waals surface area contributed by atoms with Gasteiger partial charge < -0.3 is 14.2 Å². The summed E-state index contributed by atoms with van der Waals surface area (Å²) in [6, 6.07) is 0. The van der Waals surface area contributed by atoms with E-state index in [1.807, 2.05) is 24.3 Å². The number of carbonyl (C=O) groups excluding carboxylic acids is 3. The molecule has 0 bridgehead atoms. The van der Waals surface area contributed by atoms with Gasteiger partial charge in [-0.15, -0.1) is 0 Å². The summed E-state index contributed by atoms with van der Waals surface area (Å²) >= 11 is 0. The highest BCUT2D eigenvalue weighted by Crippen LogP contribution is 2.13. The van der Waals surface area contributed by atoms with E-state index in [-0.39, 0.29) is 31.1 Å². The SMILES string of the molecule is CCC\C=C/C=C\C=C/C=C\C=C/CCCCCCCC(=O)OCC(COC(=O)CCCCCCCCCCC)OC(=O)CCCCC/C=C\CCCCCCCC. The third kappa shape index (κ3) is 44.0. The first-order valence-electron chi connectivity index (χ1n) is 24.0. The zero-order valence-electron chi connectivity index (χ0n) is 37.8. The lowest BCUT2D eigenvalue weighted by molar-refractivity contribution is -0.167. The first kappa shape index (κ1) is 54.9. The third-order valence-corrected chi connectivity index (χ3v) is 10.0. The fourth-order valence-electron chi connectivity index (χ4n) is 6.41. The Bertz CT molecular complexity index is 1110. The Morgan fingerprint density at radius 2 is 0.672 bits per heavy atom. The number of rotatable bonds is 42. The average Bonchev–Trinajstić information content (AvgIpc) is 3.22. The van der Waals surface area contributed by atoms with Crippen molar-refractivity contribution in [1.29, 1.82) is 0 Å². The van der Waals surface area contributed by atoms with Crippen LogP contribution in [0.1, 0.15) is 220 Å². The first-order valence-corrected chi connectivity index (χ1v) is 24.0. The molecular weight excluding hydrogens is 721 g/mol. The lowest BCUT2D eigenvalue weighted by Gasteiger charge is -2.18. The highest BCUT2D eigenvalue weighted by Gasteiger charge is 2.19. The van der Waals surface area contributed by atoms with Crippen molar-refractivity contribution in [1.82, 2.24) is 0 Å². The molecule has 0 aliphatic carbocycles. The number of ether oxygens (including phenoxy) is 3. The molecule has 6 nitrogen and oxygen atoms in total. The standard InChI is InChI=1S/C52H88O6/c1-4-7-10-13-16-19-21-23-24-25-26-27-29-30-33-36-39-42-45-51(54)57-48-49(47-56-50(53)44-41-38-35-32-18-15-12-9-6-3)58-52(55)46-43-40-37-34-31-28-22-20-17-14-11-8-5-2/h10,13,16,19,21,23-28,31,49H,4-9,11-12,14-15,17-18,20,22,29-30,32-48H2,1-3H3/b13-10-,19-16-,23-21-,25-24-,27-26-,31-28-. The van der Waals surface area contributed by atoms with Gasteiger partial charge in [0.25, 0.3) is 0 Å². The molecule has 0 saturated carbocycles. The van der Waals surface area contributed by atoms with Gasteiger partial charge in [-0.3, -0.25) is 14.4 Å². The minimum Gasteiger partial charge on any atom is -0.462 e. The smallest absolute Gasteiger partial charge is 0.306 e. The molecule has 0 radical (unpaired) electrons. The summed E-state index contributed by atoms with van der Waals surface area (Å²) in [7, 11) is 0. The van der Waals surface area contributed by atoms with Crippen LogP contribution in [-0.2, 0) is 28.6 Å². The van der Waals surface area contributed by atoms with Gasteiger partial charge in [-0.1, -0.05) is 209 Å². The molecule has 0 aromatic heterocycles. The Kier molecular flexibility index (Phi) is 44.0. The largest absolute Gasteiger partial charge is 0.462 e. The van der Waals surface area contributed by atoms with Gasteiger partial charge in [0.15, 0.2) is 6.10 Å². The van der Waals surface area contributed by atoms with E-state index in [4.69, 9.17) is 14.2 Å². The van der Waals surface area contributed by atoms with Gasteiger partial charge in [0, 0.05) is 19.3 Å². The number of carbonyl (C=O) groups is 3. The summed E-state index contributed by atoms with van der Waals surface area (Å²) < 4.78 is 16.7. The van der Waals surface area contributed by atoms with Crippen molar-refractivity contribution >= 4 is 17.9 Å². The molecule has 0 heterocycles. The topological polar surface area (TPSA) is 78.9 Å². The predicted octanol–water partition coefficient (Wildman–Crippen LogP) is 15.5. The molecule has 58 heavy (non-hydrogen) atoms. The maximum absolute atomic E-state index is 12.7. The first-order chi connectivity index (χ1) is 28.5. The lowest BCUT2D eigenvalue weighted by atomic mass is 10.1. The van der Waals surface area contributed by atoms with Crippen LogP contribution < -0.4 is 0 Å². The van der Waals surface area contributed by atoms with Crippen LogP contribution in [0.2, 0.25) is 0 Å². The van der Waals surface area contributed by atoms with Crippen LogP contribution in [0.25, 0.3) is 0 Å². The molecule has 6 heteroatoms. The van der Waals surface area contributed by atoms with Crippen molar-refractivity contribution < 1.29 is 28.6 Å². The average molecular weight is 809 g/mol. The van der Waals surface area contributed by atoms with E-state index in [0.717, 1.165) is 96.3 Å². The van der Waals surface area contributed by atoms with Crippen LogP contribution in [0.5, 0.6) is 0 Å². The van der Waals surface area contributed by atoms with Crippen LogP contribution in [0.3, 0.4) is 0 Å². The number of esters is 3. The van der Waals surface area contributed by atoms with Crippen molar-refractivity contribution in [3.63, 3.8) is 0 Å². The molecule has 1 atom stereocenters. The van der Waals surface area contributed by atoms with Gasteiger partial charge in [-0.25, -0.2) is 0 Å². The summed E-state index contributed by atoms with van der Waals surface area (Å²) in [5.41, 5.74) is 0. The maximum Gasteiger partial charge on any atom is 0.306 e. The van der Waals surface area contributed by atoms with E-state index in [1.54, 1.807) is 0 Å². The van der Waals surface area contributed by atoms with Gasteiger partial charge in [-0.2, -0.15) is 0 Å². The number of hydrogen-bond acceptors (Lipinski definition) is 6. The van der Waals surface area contributed by atoms with Crippen LogP contribution >= 0.6 is 0 Å². The summed E-state index contributed by atoms with van der Waals surface area (Å²) in [5.74, 6) is -0.937. The lowest BCUT2D eigenvalue weighted by Crippen LogP contribution is -2.30. The molecule has 0 fully saturated rings. The summed E-state index contributed by atoms with van der Waals surface area (Å²) in [6.07, 6.45) is 57.3. The minimum atomic E-state index is -0.790. The minimum absolute atomic E-state index is 0.0893. The zero-order valence-corrected chi connectivity index (χ0v) is 37.8. The predicted molar refractivity (Wildman–Crippen MR) is 247 cm³/mol. The molecule has 0 rings (SSSR count). The Morgan fingerprint density at radius 1 is 0.345 bits per heavy atom. The molecule has 1 unspecified atom stereocenters. The van der Waals surface area contributed by atoms with Crippen molar-refractivity contribution in [3.05, 3.63) is 72.9 Å². The van der Waals surface area contributed by atoms with Gasteiger partial charge >= 0.3 is 17.9 Å². The Morgan fingerprint density at radius 3 is 1.10 bits per heavy atom. The van der Waals surface area contributed by atoms with Gasteiger partial charge in [0.1, 0.15) is 13.2 Å². The second-order valence-corrected chi connectivity index (χ2v) is 15.8. The Hall–Kier alpha value is -3.15. The molecule has 332 valence electrons. The van der Waals surface area contributed by atoms with Crippen molar-refractivity contribution in [2.24, 2.45) is 0 Å². The van der Waals surface area contributed by atoms with Crippen LogP contribution in [-0.4, -0.2) is 37.2 Å². The fourth-order valence-corrected chi connectivity index (χ4v) is 6.41. The third-order valence-electron chi connectivity index (χ3n) is 10.0. The molecule has 0 aromatic rings. The van der Waals surface area contributed by atoms with Crippen LogP contribution in [0.4, 0.5) is 0 Å². The normalized spacial score (nSPS) is 12.7. The fraction of sp³-hybridized carbons (Fsp3) is 0.712. The van der Waals surface area contributed by atoms with Crippen LogP contribution in [0, 0.1) is 0 Å². The highest BCUT2D eigenvalue weighted by molar-refractivity contribution is 5.71. The van der Waals surface area contributed by atoms with E-state index in [0.29, 0.717) is 19.3 Å². The molecule has 0 aliphatic rings. The summed E-state index contributed by atoms with van der Waals surface area (Å²) in [5, 5.41) is 0. The van der Waals surface area contributed by atoms with Gasteiger partial charge in [0.2, 0.25) is 0 Å². The van der Waals surface area contributed by atoms with Crippen molar-refractivity contribution in [3.8, 4) is 0 Å². The van der Waals surface area contributed by atoms with Crippen molar-refractivity contribution in [2.45, 2.75) is 226 Å². The van der Waals surface area contributed by atoms with E-state index in [9.17, 15) is 14.4 Å². The maximum atomic E-state index is 12.7. The molecule has 0 saturated heterocycles. The van der Waals surface area contributed by atoms with E-state index in [1.165, 1.54) is 83.5 Å². The molecule has 0 aliphatic heterocycles. The number of hydrogen-bond donors (Lipinski definition) is 0. The summed E-state index contributed by atoms with van der Waals surface area (Å²) in [4.78, 5) is 37.8. The van der Waals surface area contributed by atoms with E-state index in [2.05, 4.69) is 69.4 Å². The Balaban J connectivity index is 4.42. The van der Waals surface area contributed by atoms with E-state index >= 15 is 0 Å². The number of unbranched alkanes of at least 4 members (excludes halogenated alkanes) is 23. The molecule has 0 aromatic carbocycles. The molecular formula is C52H88O6. The quantitative estimate of drug-likeness (QED) is 0.0201.